The second-order valence-electron chi connectivity index (χ2n) is 5.92. The van der Waals surface area contributed by atoms with Gasteiger partial charge in [0, 0.05) is 0 Å². The van der Waals surface area contributed by atoms with Gasteiger partial charge in [0.15, 0.2) is 11.5 Å². The van der Waals surface area contributed by atoms with E-state index in [0.29, 0.717) is 29.4 Å². The number of nitrogens with zero attached hydrogens (tertiary/aromatic N) is 1. The van der Waals surface area contributed by atoms with Gasteiger partial charge in [0.1, 0.15) is 6.61 Å². The highest BCUT2D eigenvalue weighted by Crippen LogP contribution is 2.38. The number of benzene rings is 2. The summed E-state index contributed by atoms with van der Waals surface area (Å²) in [5.41, 5.74) is 4.02. The molecule has 0 amide bonds. The third kappa shape index (κ3) is 3.96. The predicted octanol–water partition coefficient (Wildman–Crippen LogP) is 4.66. The Kier molecular flexibility index (Phi) is 5.42. The number of aryl methyl sites for hydroxylation is 1. The van der Waals surface area contributed by atoms with Gasteiger partial charge in [-0.05, 0) is 59.1 Å². The van der Waals surface area contributed by atoms with Crippen LogP contribution in [0.5, 0.6) is 11.5 Å². The van der Waals surface area contributed by atoms with E-state index < -0.39 is 5.97 Å². The topological polar surface area (TPSA) is 57.1 Å². The molecule has 1 aliphatic rings. The van der Waals surface area contributed by atoms with Crippen molar-refractivity contribution in [3.8, 4) is 11.5 Å². The van der Waals surface area contributed by atoms with Crippen molar-refractivity contribution < 1.29 is 19.1 Å². The van der Waals surface area contributed by atoms with Crippen molar-refractivity contribution in [2.45, 2.75) is 20.5 Å². The molecule has 1 aliphatic heterocycles. The average molecular weight is 416 g/mol. The molecule has 134 valence electrons. The lowest BCUT2D eigenvalue weighted by Crippen LogP contribution is -2.02. The van der Waals surface area contributed by atoms with Crippen LogP contribution in [0, 0.1) is 6.92 Å². The SMILES string of the molecule is COc1cc(C=C2C(=O)ON=C2C)cc(Br)c1OCc1ccc(C)cc1. The standard InChI is InChI=1S/C20H18BrNO4/c1-12-4-6-14(7-5-12)11-25-19-17(21)9-15(10-18(19)24-3)8-16-13(2)22-26-20(16)23/h4-10H,11H2,1-3H3. The number of carbonyl (C=O) groups excluding carboxylic acids is 1. The van der Waals surface area contributed by atoms with Crippen LogP contribution in [0.15, 0.2) is 51.6 Å². The normalized spacial score (nSPS) is 15.0. The van der Waals surface area contributed by atoms with E-state index in [2.05, 4.69) is 25.9 Å². The minimum absolute atomic E-state index is 0.423. The second-order valence-corrected chi connectivity index (χ2v) is 6.78. The van der Waals surface area contributed by atoms with Crippen LogP contribution in [0.1, 0.15) is 23.6 Å². The second kappa shape index (κ2) is 7.74. The minimum atomic E-state index is -0.461. The molecular weight excluding hydrogens is 398 g/mol. The number of methoxy groups -OCH3 is 1. The molecule has 6 heteroatoms. The molecule has 0 radical (unpaired) electrons. The highest BCUT2D eigenvalue weighted by atomic mass is 79.9. The number of rotatable bonds is 5. The Morgan fingerprint density at radius 3 is 2.54 bits per heavy atom. The highest BCUT2D eigenvalue weighted by molar-refractivity contribution is 9.10. The van der Waals surface area contributed by atoms with E-state index in [0.717, 1.165) is 15.6 Å². The van der Waals surface area contributed by atoms with E-state index in [1.54, 1.807) is 26.2 Å². The summed E-state index contributed by atoms with van der Waals surface area (Å²) in [5, 5.41) is 3.68. The van der Waals surface area contributed by atoms with Crippen molar-refractivity contribution in [3.05, 3.63) is 63.1 Å². The fourth-order valence-electron chi connectivity index (χ4n) is 2.49. The van der Waals surface area contributed by atoms with Crippen molar-refractivity contribution in [2.24, 2.45) is 5.16 Å². The first-order valence-corrected chi connectivity index (χ1v) is 8.81. The summed E-state index contributed by atoms with van der Waals surface area (Å²) in [6.07, 6.45) is 1.71. The summed E-state index contributed by atoms with van der Waals surface area (Å²) >= 11 is 3.52. The Morgan fingerprint density at radius 2 is 1.92 bits per heavy atom. The molecule has 26 heavy (non-hydrogen) atoms. The van der Waals surface area contributed by atoms with Gasteiger partial charge in [0.2, 0.25) is 0 Å². The number of hydrogen-bond donors (Lipinski definition) is 0. The van der Waals surface area contributed by atoms with Crippen molar-refractivity contribution in [1.29, 1.82) is 0 Å². The van der Waals surface area contributed by atoms with Crippen LogP contribution < -0.4 is 9.47 Å². The van der Waals surface area contributed by atoms with E-state index in [4.69, 9.17) is 9.47 Å². The number of carbonyl (C=O) groups is 1. The zero-order valence-corrected chi connectivity index (χ0v) is 16.3. The third-order valence-corrected chi connectivity index (χ3v) is 4.53. The summed E-state index contributed by atoms with van der Waals surface area (Å²) in [7, 11) is 1.58. The van der Waals surface area contributed by atoms with Gasteiger partial charge in [-0.3, -0.25) is 0 Å². The lowest BCUT2D eigenvalue weighted by molar-refractivity contribution is -0.136. The molecular formula is C20H18BrNO4. The zero-order chi connectivity index (χ0) is 18.7. The fourth-order valence-corrected chi connectivity index (χ4v) is 3.06. The van der Waals surface area contributed by atoms with Crippen LogP contribution >= 0.6 is 15.9 Å². The van der Waals surface area contributed by atoms with Crippen molar-refractivity contribution in [2.75, 3.05) is 7.11 Å². The summed E-state index contributed by atoms with van der Waals surface area (Å²) in [5.74, 6) is 0.714. The van der Waals surface area contributed by atoms with Gasteiger partial charge < -0.3 is 14.3 Å². The van der Waals surface area contributed by atoms with Crippen LogP contribution in [0.3, 0.4) is 0 Å². The van der Waals surface area contributed by atoms with Crippen molar-refractivity contribution >= 4 is 33.7 Å². The molecule has 5 nitrogen and oxygen atoms in total. The van der Waals surface area contributed by atoms with Gasteiger partial charge in [0.25, 0.3) is 0 Å². The van der Waals surface area contributed by atoms with E-state index in [1.165, 1.54) is 5.56 Å². The van der Waals surface area contributed by atoms with Crippen LogP contribution in [-0.2, 0) is 16.2 Å². The van der Waals surface area contributed by atoms with Crippen LogP contribution in [0.4, 0.5) is 0 Å². The summed E-state index contributed by atoms with van der Waals surface area (Å²) < 4.78 is 12.1. The molecule has 0 aromatic heterocycles. The number of hydrogen-bond acceptors (Lipinski definition) is 5. The number of ether oxygens (including phenoxy) is 2. The Bertz CT molecular complexity index is 901. The predicted molar refractivity (Wildman–Crippen MR) is 103 cm³/mol. The molecule has 0 N–H and O–H groups in total. The van der Waals surface area contributed by atoms with E-state index in [9.17, 15) is 4.79 Å². The van der Waals surface area contributed by atoms with Crippen molar-refractivity contribution in [3.63, 3.8) is 0 Å². The minimum Gasteiger partial charge on any atom is -0.493 e. The fraction of sp³-hybridized carbons (Fsp3) is 0.200. The van der Waals surface area contributed by atoms with Crippen LogP contribution in [0.2, 0.25) is 0 Å². The summed E-state index contributed by atoms with van der Waals surface area (Å²) in [6.45, 7) is 4.19. The molecule has 0 atom stereocenters. The highest BCUT2D eigenvalue weighted by Gasteiger charge is 2.22. The van der Waals surface area contributed by atoms with Gasteiger partial charge in [0.05, 0.1) is 22.9 Å². The maximum Gasteiger partial charge on any atom is 0.367 e. The monoisotopic (exact) mass is 415 g/mol. The Labute approximate surface area is 160 Å². The Balaban J connectivity index is 1.85. The summed E-state index contributed by atoms with van der Waals surface area (Å²) in [4.78, 5) is 16.4. The van der Waals surface area contributed by atoms with Gasteiger partial charge in [-0.1, -0.05) is 35.0 Å². The quantitative estimate of drug-likeness (QED) is 0.526. The molecule has 0 bridgehead atoms. The molecule has 0 saturated heterocycles. The average Bonchev–Trinajstić information content (AvgIpc) is 2.94. The smallest absolute Gasteiger partial charge is 0.367 e. The molecule has 2 aromatic rings. The first-order valence-electron chi connectivity index (χ1n) is 8.02. The lowest BCUT2D eigenvalue weighted by atomic mass is 10.1. The molecule has 3 rings (SSSR count). The van der Waals surface area contributed by atoms with Gasteiger partial charge in [-0.15, -0.1) is 0 Å². The molecule has 0 unspecified atom stereocenters. The van der Waals surface area contributed by atoms with Gasteiger partial charge in [-0.2, -0.15) is 0 Å². The van der Waals surface area contributed by atoms with E-state index in [-0.39, 0.29) is 0 Å². The van der Waals surface area contributed by atoms with Crippen LogP contribution in [-0.4, -0.2) is 18.8 Å². The first-order chi connectivity index (χ1) is 12.5. The molecule has 0 fully saturated rings. The maximum atomic E-state index is 11.7. The molecule has 1 heterocycles. The maximum absolute atomic E-state index is 11.7. The van der Waals surface area contributed by atoms with E-state index >= 15 is 0 Å². The van der Waals surface area contributed by atoms with Crippen LogP contribution in [0.25, 0.3) is 6.08 Å². The molecule has 0 saturated carbocycles. The third-order valence-electron chi connectivity index (χ3n) is 3.94. The Morgan fingerprint density at radius 1 is 1.19 bits per heavy atom. The lowest BCUT2D eigenvalue weighted by Gasteiger charge is -2.14. The Hall–Kier alpha value is -2.60. The molecule has 0 spiro atoms. The van der Waals surface area contributed by atoms with Gasteiger partial charge in [-0.25, -0.2) is 4.79 Å². The summed E-state index contributed by atoms with van der Waals surface area (Å²) in [6, 6.07) is 11.8. The van der Waals surface area contributed by atoms with Gasteiger partial charge >= 0.3 is 5.97 Å². The molecule has 2 aromatic carbocycles. The zero-order valence-electron chi connectivity index (χ0n) is 14.7. The first kappa shape index (κ1) is 18.2. The number of halogens is 1. The van der Waals surface area contributed by atoms with Crippen molar-refractivity contribution in [1.82, 2.24) is 0 Å². The van der Waals surface area contributed by atoms with E-state index in [1.807, 2.05) is 37.3 Å². The largest absolute Gasteiger partial charge is 0.493 e. The number of oxime groups is 1. The molecule has 0 aliphatic carbocycles.